The lowest BCUT2D eigenvalue weighted by Crippen LogP contribution is -2.47. The molecule has 18 heavy (non-hydrogen) atoms. The smallest absolute Gasteiger partial charge is 0.142 e. The van der Waals surface area contributed by atoms with Crippen LogP contribution in [0, 0.1) is 11.3 Å². The number of likely N-dealkylation sites (N-methyl/N-ethyl adjacent to an activating group) is 1. The van der Waals surface area contributed by atoms with Crippen molar-refractivity contribution in [3.05, 3.63) is 0 Å². The molecule has 0 aromatic rings. The lowest BCUT2D eigenvalue weighted by Gasteiger charge is -2.37. The molecule has 3 nitrogen and oxygen atoms in total. The molecular weight excluding hydrogens is 224 g/mol. The first-order chi connectivity index (χ1) is 8.40. The fourth-order valence-corrected chi connectivity index (χ4v) is 3.45. The third-order valence-corrected chi connectivity index (χ3v) is 4.85. The molecule has 2 aliphatic rings. The molecule has 0 radical (unpaired) electrons. The summed E-state index contributed by atoms with van der Waals surface area (Å²) in [5, 5.41) is 0. The summed E-state index contributed by atoms with van der Waals surface area (Å²) in [7, 11) is 4.33. The quantitative estimate of drug-likeness (QED) is 0.768. The van der Waals surface area contributed by atoms with Gasteiger partial charge in [-0.2, -0.15) is 0 Å². The van der Waals surface area contributed by atoms with E-state index in [9.17, 15) is 4.79 Å². The van der Waals surface area contributed by atoms with E-state index in [0.29, 0.717) is 17.7 Å². The van der Waals surface area contributed by atoms with Gasteiger partial charge >= 0.3 is 0 Å². The van der Waals surface area contributed by atoms with Gasteiger partial charge in [0, 0.05) is 30.5 Å². The van der Waals surface area contributed by atoms with E-state index in [1.807, 2.05) is 0 Å². The van der Waals surface area contributed by atoms with Crippen molar-refractivity contribution < 1.29 is 4.79 Å². The molecule has 1 aliphatic carbocycles. The summed E-state index contributed by atoms with van der Waals surface area (Å²) in [4.78, 5) is 17.1. The highest BCUT2D eigenvalue weighted by Gasteiger charge is 2.41. The molecule has 2 atom stereocenters. The Morgan fingerprint density at radius 3 is 2.61 bits per heavy atom. The van der Waals surface area contributed by atoms with Gasteiger partial charge in [-0.1, -0.05) is 13.8 Å². The summed E-state index contributed by atoms with van der Waals surface area (Å²) >= 11 is 0. The van der Waals surface area contributed by atoms with Crippen molar-refractivity contribution in [2.24, 2.45) is 11.3 Å². The van der Waals surface area contributed by atoms with Crippen molar-refractivity contribution in [1.82, 2.24) is 9.80 Å². The van der Waals surface area contributed by atoms with Crippen LogP contribution in [-0.2, 0) is 4.79 Å². The maximum Gasteiger partial charge on any atom is 0.142 e. The van der Waals surface area contributed by atoms with E-state index < -0.39 is 0 Å². The topological polar surface area (TPSA) is 23.6 Å². The van der Waals surface area contributed by atoms with Crippen LogP contribution < -0.4 is 0 Å². The molecule has 2 unspecified atom stereocenters. The Labute approximate surface area is 112 Å². The molecule has 3 heteroatoms. The van der Waals surface area contributed by atoms with Gasteiger partial charge in [-0.05, 0) is 46.3 Å². The second-order valence-electron chi connectivity index (χ2n) is 7.00. The number of hydrogen-bond donors (Lipinski definition) is 0. The number of nitrogens with zero attached hydrogens (tertiary/aromatic N) is 2. The highest BCUT2D eigenvalue weighted by atomic mass is 16.1. The molecule has 0 aromatic carbocycles. The summed E-state index contributed by atoms with van der Waals surface area (Å²) in [6.45, 7) is 7.51. The molecule has 0 spiro atoms. The highest BCUT2D eigenvalue weighted by molar-refractivity contribution is 5.88. The molecule has 2 fully saturated rings. The van der Waals surface area contributed by atoms with Crippen LogP contribution in [0.15, 0.2) is 0 Å². The Hall–Kier alpha value is -0.410. The fraction of sp³-hybridized carbons (Fsp3) is 0.933. The molecule has 0 bridgehead atoms. The van der Waals surface area contributed by atoms with Crippen LogP contribution in [-0.4, -0.2) is 55.4 Å². The minimum atomic E-state index is -0.0681. The van der Waals surface area contributed by atoms with Crippen LogP contribution in [0.25, 0.3) is 0 Å². The summed E-state index contributed by atoms with van der Waals surface area (Å²) < 4.78 is 0. The van der Waals surface area contributed by atoms with Crippen LogP contribution in [0.2, 0.25) is 0 Å². The van der Waals surface area contributed by atoms with Crippen molar-refractivity contribution in [2.75, 3.05) is 33.7 Å². The van der Waals surface area contributed by atoms with Crippen molar-refractivity contribution in [2.45, 2.75) is 45.6 Å². The standard InChI is InChI=1S/C15H28N2O/c1-15(2)8-7-12(14(15)18)10-17-9-5-6-13(11-17)16(3)4/h12-13H,5-11H2,1-4H3. The lowest BCUT2D eigenvalue weighted by molar-refractivity contribution is -0.128. The zero-order chi connectivity index (χ0) is 13.3. The van der Waals surface area contributed by atoms with Crippen LogP contribution in [0.3, 0.4) is 0 Å². The molecule has 0 aromatic heterocycles. The van der Waals surface area contributed by atoms with Gasteiger partial charge < -0.3 is 9.80 Å². The zero-order valence-electron chi connectivity index (χ0n) is 12.4. The Morgan fingerprint density at radius 1 is 1.33 bits per heavy atom. The molecule has 1 heterocycles. The first-order valence-electron chi connectivity index (χ1n) is 7.33. The summed E-state index contributed by atoms with van der Waals surface area (Å²) in [5.41, 5.74) is -0.0681. The number of rotatable bonds is 3. The van der Waals surface area contributed by atoms with Gasteiger partial charge in [0.05, 0.1) is 0 Å². The van der Waals surface area contributed by atoms with E-state index in [-0.39, 0.29) is 5.41 Å². The number of carbonyl (C=O) groups excluding carboxylic acids is 1. The lowest BCUT2D eigenvalue weighted by atomic mass is 9.89. The monoisotopic (exact) mass is 252 g/mol. The average molecular weight is 252 g/mol. The predicted molar refractivity (Wildman–Crippen MR) is 74.7 cm³/mol. The summed E-state index contributed by atoms with van der Waals surface area (Å²) in [6, 6.07) is 0.670. The highest BCUT2D eigenvalue weighted by Crippen LogP contribution is 2.38. The van der Waals surface area contributed by atoms with E-state index in [0.717, 1.165) is 25.9 Å². The van der Waals surface area contributed by atoms with Crippen molar-refractivity contribution >= 4 is 5.78 Å². The SMILES string of the molecule is CN(C)C1CCCN(CC2CCC(C)(C)C2=O)C1. The molecular formula is C15H28N2O. The van der Waals surface area contributed by atoms with Crippen LogP contribution in [0.1, 0.15) is 39.5 Å². The molecule has 104 valence electrons. The van der Waals surface area contributed by atoms with Gasteiger partial charge in [0.2, 0.25) is 0 Å². The van der Waals surface area contributed by atoms with E-state index in [2.05, 4.69) is 37.7 Å². The Bertz CT molecular complexity index is 312. The van der Waals surface area contributed by atoms with Gasteiger partial charge in [0.25, 0.3) is 0 Å². The van der Waals surface area contributed by atoms with Crippen LogP contribution >= 0.6 is 0 Å². The number of hydrogen-bond acceptors (Lipinski definition) is 3. The number of piperidine rings is 1. The van der Waals surface area contributed by atoms with Gasteiger partial charge in [0.15, 0.2) is 0 Å². The van der Waals surface area contributed by atoms with E-state index in [1.54, 1.807) is 0 Å². The molecule has 1 saturated carbocycles. The Kier molecular flexibility index (Phi) is 4.12. The Morgan fingerprint density at radius 2 is 2.06 bits per heavy atom. The molecule has 0 amide bonds. The third-order valence-electron chi connectivity index (χ3n) is 4.85. The minimum absolute atomic E-state index is 0.0681. The maximum atomic E-state index is 12.3. The van der Waals surface area contributed by atoms with Crippen molar-refractivity contribution in [3.8, 4) is 0 Å². The van der Waals surface area contributed by atoms with Gasteiger partial charge in [-0.15, -0.1) is 0 Å². The van der Waals surface area contributed by atoms with Crippen LogP contribution in [0.5, 0.6) is 0 Å². The first-order valence-corrected chi connectivity index (χ1v) is 7.33. The predicted octanol–water partition coefficient (Wildman–Crippen LogP) is 2.02. The minimum Gasteiger partial charge on any atom is -0.305 e. The number of Topliss-reactive ketones (excluding diaryl/α,β-unsaturated/α-hetero) is 1. The van der Waals surface area contributed by atoms with Gasteiger partial charge in [0.1, 0.15) is 5.78 Å². The van der Waals surface area contributed by atoms with Gasteiger partial charge in [-0.25, -0.2) is 0 Å². The summed E-state index contributed by atoms with van der Waals surface area (Å²) in [5.74, 6) is 0.787. The molecule has 2 rings (SSSR count). The maximum absolute atomic E-state index is 12.3. The second-order valence-corrected chi connectivity index (χ2v) is 7.00. The van der Waals surface area contributed by atoms with Crippen molar-refractivity contribution in [3.63, 3.8) is 0 Å². The number of likely N-dealkylation sites (tertiary alicyclic amines) is 1. The van der Waals surface area contributed by atoms with E-state index in [1.165, 1.54) is 19.4 Å². The van der Waals surface area contributed by atoms with E-state index >= 15 is 0 Å². The largest absolute Gasteiger partial charge is 0.305 e. The fourth-order valence-electron chi connectivity index (χ4n) is 3.45. The molecule has 0 N–H and O–H groups in total. The van der Waals surface area contributed by atoms with Gasteiger partial charge in [-0.3, -0.25) is 4.79 Å². The normalized spacial score (nSPS) is 33.3. The zero-order valence-corrected chi connectivity index (χ0v) is 12.4. The summed E-state index contributed by atoms with van der Waals surface area (Å²) in [6.07, 6.45) is 4.73. The molecule has 1 aliphatic heterocycles. The Balaban J connectivity index is 1.88. The number of ketones is 1. The van der Waals surface area contributed by atoms with Crippen molar-refractivity contribution in [1.29, 1.82) is 0 Å². The van der Waals surface area contributed by atoms with E-state index in [4.69, 9.17) is 0 Å². The first kappa shape index (κ1) is 14.0. The second kappa shape index (κ2) is 5.30. The molecule has 1 saturated heterocycles. The third kappa shape index (κ3) is 2.94. The number of carbonyl (C=O) groups is 1. The average Bonchev–Trinajstić information content (AvgIpc) is 2.57. The van der Waals surface area contributed by atoms with Crippen LogP contribution in [0.4, 0.5) is 0 Å².